The Bertz CT molecular complexity index is 901. The number of halogens is 2. The average molecular weight is 509 g/mol. The smallest absolute Gasteiger partial charge is 0.242 e. The molecular weight excluding hydrogens is 475 g/mol. The first kappa shape index (κ1) is 27.8. The molecule has 6 nitrogen and oxygen atoms in total. The van der Waals surface area contributed by atoms with E-state index in [0.29, 0.717) is 47.4 Å². The van der Waals surface area contributed by atoms with Gasteiger partial charge in [-0.25, -0.2) is 0 Å². The Kier molecular flexibility index (Phi) is 12.1. The highest BCUT2D eigenvalue weighted by atomic mass is 35.5. The molecule has 0 heterocycles. The molecule has 0 radical (unpaired) electrons. The van der Waals surface area contributed by atoms with Gasteiger partial charge >= 0.3 is 0 Å². The normalized spacial score (nSPS) is 11.6. The average Bonchev–Trinajstić information content (AvgIpc) is 2.84. The first-order valence-electron chi connectivity index (χ1n) is 11.7. The third kappa shape index (κ3) is 8.41. The van der Waals surface area contributed by atoms with Crippen LogP contribution in [0.2, 0.25) is 10.0 Å². The van der Waals surface area contributed by atoms with Gasteiger partial charge in [-0.05, 0) is 55.7 Å². The summed E-state index contributed by atoms with van der Waals surface area (Å²) < 4.78 is 10.9. The van der Waals surface area contributed by atoms with Crippen LogP contribution in [-0.4, -0.2) is 43.0 Å². The molecule has 2 aromatic rings. The number of nitrogens with one attached hydrogen (secondary N) is 1. The molecule has 0 aliphatic rings. The van der Waals surface area contributed by atoms with Crippen molar-refractivity contribution in [2.24, 2.45) is 0 Å². The highest BCUT2D eigenvalue weighted by Gasteiger charge is 2.29. The fourth-order valence-electron chi connectivity index (χ4n) is 3.51. The topological polar surface area (TPSA) is 67.9 Å². The number of unbranched alkanes of at least 4 members (excludes halogenated alkanes) is 1. The van der Waals surface area contributed by atoms with Gasteiger partial charge in [0, 0.05) is 35.1 Å². The molecule has 34 heavy (non-hydrogen) atoms. The van der Waals surface area contributed by atoms with E-state index < -0.39 is 6.04 Å². The fourth-order valence-corrected chi connectivity index (χ4v) is 4.03. The lowest BCUT2D eigenvalue weighted by atomic mass is 10.1. The maximum Gasteiger partial charge on any atom is 0.242 e. The lowest BCUT2D eigenvalue weighted by Gasteiger charge is -2.31. The number of hydrogen-bond donors (Lipinski definition) is 1. The molecule has 2 aromatic carbocycles. The first-order valence-corrected chi connectivity index (χ1v) is 12.4. The van der Waals surface area contributed by atoms with Gasteiger partial charge in [-0.15, -0.1) is 0 Å². The highest BCUT2D eigenvalue weighted by Crippen LogP contribution is 2.27. The molecule has 1 atom stereocenters. The third-order valence-corrected chi connectivity index (χ3v) is 6.18. The Morgan fingerprint density at radius 1 is 1.00 bits per heavy atom. The minimum Gasteiger partial charge on any atom is -0.497 e. The molecule has 8 heteroatoms. The van der Waals surface area contributed by atoms with E-state index in [-0.39, 0.29) is 24.8 Å². The largest absolute Gasteiger partial charge is 0.497 e. The maximum absolute atomic E-state index is 13.3. The van der Waals surface area contributed by atoms with Gasteiger partial charge in [0.2, 0.25) is 11.8 Å². The van der Waals surface area contributed by atoms with Crippen molar-refractivity contribution >= 4 is 35.0 Å². The molecule has 0 fully saturated rings. The Labute approximate surface area is 212 Å². The van der Waals surface area contributed by atoms with Gasteiger partial charge in [0.15, 0.2) is 0 Å². The number of carbonyl (C=O) groups is 2. The standard InChI is InChI=1S/C26H34Cl2N2O4/c1-4-6-16-29-26(32)24(5-2)30(18-21-22(27)9-7-10-23(21)28)25(31)11-8-17-34-20-14-12-19(33-3)13-15-20/h7,9-10,12-15,24H,4-6,8,11,16-18H2,1-3H3,(H,29,32)/t24-/m0/s1. The van der Waals surface area contributed by atoms with Crippen LogP contribution in [0.15, 0.2) is 42.5 Å². The van der Waals surface area contributed by atoms with E-state index in [1.165, 1.54) is 0 Å². The lowest BCUT2D eigenvalue weighted by Crippen LogP contribution is -2.49. The summed E-state index contributed by atoms with van der Waals surface area (Å²) in [6, 6.07) is 11.9. The van der Waals surface area contributed by atoms with Crippen LogP contribution in [0, 0.1) is 0 Å². The van der Waals surface area contributed by atoms with Crippen molar-refractivity contribution in [3.8, 4) is 11.5 Å². The highest BCUT2D eigenvalue weighted by molar-refractivity contribution is 6.36. The SMILES string of the molecule is CCCCNC(=O)[C@H](CC)N(Cc1c(Cl)cccc1Cl)C(=O)CCCOc1ccc(OC)cc1. The first-order chi connectivity index (χ1) is 16.4. The monoisotopic (exact) mass is 508 g/mol. The van der Waals surface area contributed by atoms with Crippen LogP contribution in [0.1, 0.15) is 51.5 Å². The number of nitrogens with zero attached hydrogens (tertiary/aromatic N) is 1. The Morgan fingerprint density at radius 2 is 1.65 bits per heavy atom. The molecule has 0 aliphatic heterocycles. The van der Waals surface area contributed by atoms with Crippen molar-refractivity contribution in [3.05, 3.63) is 58.1 Å². The van der Waals surface area contributed by atoms with Gasteiger partial charge in [-0.3, -0.25) is 9.59 Å². The van der Waals surface area contributed by atoms with E-state index in [2.05, 4.69) is 12.2 Å². The second-order valence-corrected chi connectivity index (χ2v) is 8.73. The van der Waals surface area contributed by atoms with E-state index in [1.54, 1.807) is 30.2 Å². The zero-order valence-corrected chi connectivity index (χ0v) is 21.6. The van der Waals surface area contributed by atoms with Crippen LogP contribution in [-0.2, 0) is 16.1 Å². The summed E-state index contributed by atoms with van der Waals surface area (Å²) in [5.74, 6) is 1.14. The molecule has 2 rings (SSSR count). The zero-order chi connectivity index (χ0) is 24.9. The van der Waals surface area contributed by atoms with E-state index in [9.17, 15) is 9.59 Å². The number of hydrogen-bond acceptors (Lipinski definition) is 4. The summed E-state index contributed by atoms with van der Waals surface area (Å²) >= 11 is 12.7. The Hall–Kier alpha value is -2.44. The zero-order valence-electron chi connectivity index (χ0n) is 20.1. The van der Waals surface area contributed by atoms with Crippen molar-refractivity contribution < 1.29 is 19.1 Å². The van der Waals surface area contributed by atoms with Gasteiger partial charge in [0.05, 0.1) is 13.7 Å². The second kappa shape index (κ2) is 14.7. The van der Waals surface area contributed by atoms with E-state index >= 15 is 0 Å². The van der Waals surface area contributed by atoms with E-state index in [4.69, 9.17) is 32.7 Å². The molecule has 0 saturated heterocycles. The summed E-state index contributed by atoms with van der Waals surface area (Å²) in [4.78, 5) is 27.8. The third-order valence-electron chi connectivity index (χ3n) is 5.47. The van der Waals surface area contributed by atoms with Gasteiger partial charge in [0.1, 0.15) is 17.5 Å². The lowest BCUT2D eigenvalue weighted by molar-refractivity contribution is -0.141. The minimum absolute atomic E-state index is 0.146. The van der Waals surface area contributed by atoms with Crippen molar-refractivity contribution in [3.63, 3.8) is 0 Å². The van der Waals surface area contributed by atoms with Crippen LogP contribution in [0.25, 0.3) is 0 Å². The maximum atomic E-state index is 13.3. The number of methoxy groups -OCH3 is 1. The summed E-state index contributed by atoms with van der Waals surface area (Å²) in [6.45, 7) is 5.07. The molecule has 0 unspecified atom stereocenters. The van der Waals surface area contributed by atoms with Crippen molar-refractivity contribution in [1.29, 1.82) is 0 Å². The number of ether oxygens (including phenoxy) is 2. The van der Waals surface area contributed by atoms with E-state index in [0.717, 1.165) is 18.6 Å². The van der Waals surface area contributed by atoms with E-state index in [1.807, 2.05) is 31.2 Å². The number of rotatable bonds is 14. The molecule has 0 spiro atoms. The second-order valence-electron chi connectivity index (χ2n) is 7.92. The predicted octanol–water partition coefficient (Wildman–Crippen LogP) is 5.88. The molecular formula is C26H34Cl2N2O4. The summed E-state index contributed by atoms with van der Waals surface area (Å²) in [5.41, 5.74) is 0.633. The molecule has 0 aliphatic carbocycles. The van der Waals surface area contributed by atoms with Crippen LogP contribution in [0.5, 0.6) is 11.5 Å². The van der Waals surface area contributed by atoms with Gasteiger partial charge in [0.25, 0.3) is 0 Å². The van der Waals surface area contributed by atoms with Gasteiger partial charge < -0.3 is 19.7 Å². The number of carbonyl (C=O) groups excluding carboxylic acids is 2. The minimum atomic E-state index is -0.612. The summed E-state index contributed by atoms with van der Waals surface area (Å²) in [5, 5.41) is 3.88. The van der Waals surface area contributed by atoms with Crippen molar-refractivity contribution in [1.82, 2.24) is 10.2 Å². The molecule has 2 amide bonds. The Balaban J connectivity index is 2.08. The van der Waals surface area contributed by atoms with Crippen molar-refractivity contribution in [2.45, 2.75) is 58.5 Å². The number of amides is 2. The summed E-state index contributed by atoms with van der Waals surface area (Å²) in [6.07, 6.45) is 3.08. The molecule has 0 aromatic heterocycles. The summed E-state index contributed by atoms with van der Waals surface area (Å²) in [7, 11) is 1.61. The van der Waals surface area contributed by atoms with Crippen LogP contribution in [0.3, 0.4) is 0 Å². The quantitative estimate of drug-likeness (QED) is 0.323. The fraction of sp³-hybridized carbons (Fsp3) is 0.462. The molecule has 186 valence electrons. The Morgan fingerprint density at radius 3 is 2.24 bits per heavy atom. The van der Waals surface area contributed by atoms with Crippen molar-refractivity contribution in [2.75, 3.05) is 20.3 Å². The number of benzene rings is 2. The molecule has 0 saturated carbocycles. The molecule has 0 bridgehead atoms. The molecule has 1 N–H and O–H groups in total. The van der Waals surface area contributed by atoms with Crippen LogP contribution in [0.4, 0.5) is 0 Å². The predicted molar refractivity (Wildman–Crippen MR) is 137 cm³/mol. The van der Waals surface area contributed by atoms with Gasteiger partial charge in [-0.1, -0.05) is 49.5 Å². The van der Waals surface area contributed by atoms with Crippen LogP contribution < -0.4 is 14.8 Å². The van der Waals surface area contributed by atoms with Crippen LogP contribution >= 0.6 is 23.2 Å². The van der Waals surface area contributed by atoms with Gasteiger partial charge in [-0.2, -0.15) is 0 Å².